The first-order chi connectivity index (χ1) is 9.58. The summed E-state index contributed by atoms with van der Waals surface area (Å²) in [7, 11) is 0. The molecule has 2 aromatic heterocycles. The summed E-state index contributed by atoms with van der Waals surface area (Å²) in [4.78, 5) is 17.5. The lowest BCUT2D eigenvalue weighted by Gasteiger charge is -2.18. The SMILES string of the molecule is CC1(C(=O)O)CCN(c2nnc(-c3ccccn3)s2)C1. The van der Waals surface area contributed by atoms with E-state index in [1.807, 2.05) is 23.1 Å². The van der Waals surface area contributed by atoms with Gasteiger partial charge in [0.1, 0.15) is 5.69 Å². The number of aromatic nitrogens is 3. The molecule has 1 saturated heterocycles. The Morgan fingerprint density at radius 3 is 2.95 bits per heavy atom. The molecule has 104 valence electrons. The second kappa shape index (κ2) is 4.82. The number of hydrogen-bond acceptors (Lipinski definition) is 6. The molecular weight excluding hydrogens is 276 g/mol. The molecule has 1 aliphatic heterocycles. The van der Waals surface area contributed by atoms with Crippen molar-refractivity contribution in [2.75, 3.05) is 18.0 Å². The number of anilines is 1. The van der Waals surface area contributed by atoms with Crippen LogP contribution in [0.1, 0.15) is 13.3 Å². The zero-order valence-corrected chi connectivity index (χ0v) is 11.8. The summed E-state index contributed by atoms with van der Waals surface area (Å²) in [5.74, 6) is -0.755. The van der Waals surface area contributed by atoms with E-state index in [-0.39, 0.29) is 0 Å². The van der Waals surface area contributed by atoms with Gasteiger partial charge in [-0.3, -0.25) is 9.78 Å². The Morgan fingerprint density at radius 1 is 1.45 bits per heavy atom. The van der Waals surface area contributed by atoms with E-state index in [1.165, 1.54) is 11.3 Å². The minimum atomic E-state index is -0.755. The van der Waals surface area contributed by atoms with Crippen molar-refractivity contribution in [1.29, 1.82) is 0 Å². The minimum absolute atomic E-state index is 0.471. The summed E-state index contributed by atoms with van der Waals surface area (Å²) in [6, 6.07) is 5.64. The van der Waals surface area contributed by atoms with E-state index in [9.17, 15) is 9.90 Å². The molecule has 2 aromatic rings. The van der Waals surface area contributed by atoms with Crippen LogP contribution in [0.4, 0.5) is 5.13 Å². The molecule has 0 amide bonds. The van der Waals surface area contributed by atoms with Gasteiger partial charge in [0.15, 0.2) is 5.01 Å². The fourth-order valence-electron chi connectivity index (χ4n) is 2.23. The van der Waals surface area contributed by atoms with Crippen molar-refractivity contribution in [3.05, 3.63) is 24.4 Å². The maximum absolute atomic E-state index is 11.3. The van der Waals surface area contributed by atoms with E-state index in [0.717, 1.165) is 15.8 Å². The fraction of sp³-hybridized carbons (Fsp3) is 0.385. The lowest BCUT2D eigenvalue weighted by atomic mass is 9.90. The average molecular weight is 290 g/mol. The largest absolute Gasteiger partial charge is 0.481 e. The van der Waals surface area contributed by atoms with E-state index in [4.69, 9.17) is 0 Å². The van der Waals surface area contributed by atoms with Crippen molar-refractivity contribution in [3.8, 4) is 10.7 Å². The first-order valence-corrected chi connectivity index (χ1v) is 7.13. The van der Waals surface area contributed by atoms with Crippen LogP contribution in [0.5, 0.6) is 0 Å². The van der Waals surface area contributed by atoms with Gasteiger partial charge in [-0.15, -0.1) is 10.2 Å². The highest BCUT2D eigenvalue weighted by Crippen LogP contribution is 2.36. The number of nitrogens with zero attached hydrogens (tertiary/aromatic N) is 4. The second-order valence-corrected chi connectivity index (χ2v) is 6.10. The van der Waals surface area contributed by atoms with Gasteiger partial charge in [0, 0.05) is 19.3 Å². The molecule has 0 aliphatic carbocycles. The predicted octanol–water partition coefficient (Wildman–Crippen LogP) is 1.90. The van der Waals surface area contributed by atoms with Gasteiger partial charge in [-0.25, -0.2) is 0 Å². The first-order valence-electron chi connectivity index (χ1n) is 6.32. The second-order valence-electron chi connectivity index (χ2n) is 5.14. The third-order valence-corrected chi connectivity index (χ3v) is 4.57. The van der Waals surface area contributed by atoms with Crippen LogP contribution in [0.3, 0.4) is 0 Å². The molecule has 7 heteroatoms. The van der Waals surface area contributed by atoms with Crippen molar-refractivity contribution in [3.63, 3.8) is 0 Å². The summed E-state index contributed by atoms with van der Waals surface area (Å²) >= 11 is 1.44. The summed E-state index contributed by atoms with van der Waals surface area (Å²) in [6.07, 6.45) is 2.34. The Balaban J connectivity index is 1.80. The van der Waals surface area contributed by atoms with Gasteiger partial charge in [0.05, 0.1) is 5.41 Å². The average Bonchev–Trinajstić information content (AvgIpc) is 3.07. The third kappa shape index (κ3) is 2.24. The number of carboxylic acid groups (broad SMARTS) is 1. The molecular formula is C13H14N4O2S. The van der Waals surface area contributed by atoms with Crippen LogP contribution in [0, 0.1) is 5.41 Å². The monoisotopic (exact) mass is 290 g/mol. The van der Waals surface area contributed by atoms with Gasteiger partial charge in [-0.1, -0.05) is 17.4 Å². The van der Waals surface area contributed by atoms with Gasteiger partial charge >= 0.3 is 5.97 Å². The number of aliphatic carboxylic acids is 1. The maximum atomic E-state index is 11.3. The Hall–Kier alpha value is -2.02. The zero-order chi connectivity index (χ0) is 14.2. The van der Waals surface area contributed by atoms with E-state index in [2.05, 4.69) is 15.2 Å². The van der Waals surface area contributed by atoms with E-state index in [1.54, 1.807) is 13.1 Å². The minimum Gasteiger partial charge on any atom is -0.481 e. The van der Waals surface area contributed by atoms with Crippen molar-refractivity contribution >= 4 is 22.4 Å². The molecule has 1 atom stereocenters. The lowest BCUT2D eigenvalue weighted by Crippen LogP contribution is -2.31. The molecule has 3 heterocycles. The maximum Gasteiger partial charge on any atom is 0.311 e. The smallest absolute Gasteiger partial charge is 0.311 e. The van der Waals surface area contributed by atoms with Gasteiger partial charge < -0.3 is 10.0 Å². The molecule has 1 N–H and O–H groups in total. The van der Waals surface area contributed by atoms with Crippen molar-refractivity contribution < 1.29 is 9.90 Å². The van der Waals surface area contributed by atoms with Gasteiger partial charge in [0.2, 0.25) is 5.13 Å². The number of rotatable bonds is 3. The molecule has 0 bridgehead atoms. The number of pyridine rings is 1. The van der Waals surface area contributed by atoms with Crippen LogP contribution in [-0.2, 0) is 4.79 Å². The Morgan fingerprint density at radius 2 is 2.30 bits per heavy atom. The number of carboxylic acids is 1. The van der Waals surface area contributed by atoms with Crippen molar-refractivity contribution in [2.45, 2.75) is 13.3 Å². The summed E-state index contributed by atoms with van der Waals surface area (Å²) < 4.78 is 0. The number of carbonyl (C=O) groups is 1. The van der Waals surface area contributed by atoms with Crippen LogP contribution in [0.25, 0.3) is 10.7 Å². The quantitative estimate of drug-likeness (QED) is 0.930. The van der Waals surface area contributed by atoms with Gasteiger partial charge in [0.25, 0.3) is 0 Å². The molecule has 3 rings (SSSR count). The summed E-state index contributed by atoms with van der Waals surface area (Å²) in [6.45, 7) is 2.94. The topological polar surface area (TPSA) is 79.2 Å². The third-order valence-electron chi connectivity index (χ3n) is 3.56. The molecule has 1 fully saturated rings. The van der Waals surface area contributed by atoms with Crippen molar-refractivity contribution in [1.82, 2.24) is 15.2 Å². The molecule has 6 nitrogen and oxygen atoms in total. The highest BCUT2D eigenvalue weighted by Gasteiger charge is 2.41. The molecule has 20 heavy (non-hydrogen) atoms. The first kappa shape index (κ1) is 13.0. The number of hydrogen-bond donors (Lipinski definition) is 1. The van der Waals surface area contributed by atoms with E-state index < -0.39 is 11.4 Å². The lowest BCUT2D eigenvalue weighted by molar-refractivity contribution is -0.146. The Bertz CT molecular complexity index is 630. The summed E-state index contributed by atoms with van der Waals surface area (Å²) in [5.41, 5.74) is 0.0908. The fourth-order valence-corrected chi connectivity index (χ4v) is 3.08. The Kier molecular flexibility index (Phi) is 3.13. The molecule has 0 radical (unpaired) electrons. The normalized spacial score (nSPS) is 22.1. The molecule has 0 saturated carbocycles. The van der Waals surface area contributed by atoms with E-state index >= 15 is 0 Å². The Labute approximate surface area is 120 Å². The zero-order valence-electron chi connectivity index (χ0n) is 11.0. The van der Waals surface area contributed by atoms with E-state index in [0.29, 0.717) is 19.5 Å². The highest BCUT2D eigenvalue weighted by molar-refractivity contribution is 7.18. The highest BCUT2D eigenvalue weighted by atomic mass is 32.1. The molecule has 1 unspecified atom stereocenters. The van der Waals surface area contributed by atoms with Crippen LogP contribution >= 0.6 is 11.3 Å². The molecule has 0 spiro atoms. The molecule has 1 aliphatic rings. The summed E-state index contributed by atoms with van der Waals surface area (Å²) in [5, 5.41) is 19.1. The van der Waals surface area contributed by atoms with Crippen LogP contribution < -0.4 is 4.90 Å². The standard InChI is InChI=1S/C13H14N4O2S/c1-13(11(18)19)5-7-17(8-13)12-16-15-10(20-12)9-4-2-3-6-14-9/h2-4,6H,5,7-8H2,1H3,(H,18,19). The van der Waals surface area contributed by atoms with Crippen LogP contribution in [-0.4, -0.2) is 39.3 Å². The van der Waals surface area contributed by atoms with Crippen molar-refractivity contribution in [2.24, 2.45) is 5.41 Å². The van der Waals surface area contributed by atoms with Crippen LogP contribution in [0.2, 0.25) is 0 Å². The van der Waals surface area contributed by atoms with Crippen LogP contribution in [0.15, 0.2) is 24.4 Å². The van der Waals surface area contributed by atoms with Gasteiger partial charge in [-0.2, -0.15) is 0 Å². The predicted molar refractivity (Wildman–Crippen MR) is 75.7 cm³/mol. The molecule has 0 aromatic carbocycles. The van der Waals surface area contributed by atoms with Gasteiger partial charge in [-0.05, 0) is 25.5 Å².